The zero-order valence-corrected chi connectivity index (χ0v) is 19.7. The van der Waals surface area contributed by atoms with Gasteiger partial charge in [-0.2, -0.15) is 13.2 Å². The normalized spacial score (nSPS) is 22.6. The molecule has 7 nitrogen and oxygen atoms in total. The van der Waals surface area contributed by atoms with Crippen LogP contribution in [0.3, 0.4) is 0 Å². The van der Waals surface area contributed by atoms with E-state index in [1.165, 1.54) is 22.4 Å². The Morgan fingerprint density at radius 1 is 1.14 bits per heavy atom. The van der Waals surface area contributed by atoms with Crippen LogP contribution in [0.4, 0.5) is 13.2 Å². The molecule has 0 aromatic heterocycles. The van der Waals surface area contributed by atoms with Crippen molar-refractivity contribution in [1.82, 2.24) is 19.4 Å². The van der Waals surface area contributed by atoms with Crippen LogP contribution >= 0.6 is 24.0 Å². The SMILES string of the molecule is CN=C(NCC1CCN(S(C)(=O)=O)CC1)N1CCN(C(C)C(F)(F)F)CC1.I. The van der Waals surface area contributed by atoms with Gasteiger partial charge in [0.05, 0.1) is 6.26 Å². The fourth-order valence-electron chi connectivity index (χ4n) is 3.54. The molecule has 0 aliphatic carbocycles. The Labute approximate surface area is 182 Å². The van der Waals surface area contributed by atoms with Gasteiger partial charge < -0.3 is 10.2 Å². The predicted molar refractivity (Wildman–Crippen MR) is 115 cm³/mol. The first-order valence-corrected chi connectivity index (χ1v) is 11.1. The molecule has 28 heavy (non-hydrogen) atoms. The van der Waals surface area contributed by atoms with Gasteiger partial charge in [0.1, 0.15) is 6.04 Å². The first-order chi connectivity index (χ1) is 12.5. The van der Waals surface area contributed by atoms with E-state index in [4.69, 9.17) is 0 Å². The van der Waals surface area contributed by atoms with Crippen LogP contribution in [-0.4, -0.2) is 99.8 Å². The monoisotopic (exact) mass is 541 g/mol. The predicted octanol–water partition coefficient (Wildman–Crippen LogP) is 1.42. The maximum Gasteiger partial charge on any atom is 0.403 e. The Hall–Kier alpha value is -0.340. The van der Waals surface area contributed by atoms with E-state index in [1.54, 1.807) is 7.05 Å². The molecule has 0 aromatic rings. The quantitative estimate of drug-likeness (QED) is 0.332. The molecule has 166 valence electrons. The molecule has 0 radical (unpaired) electrons. The number of piperazine rings is 1. The lowest BCUT2D eigenvalue weighted by molar-refractivity contribution is -0.181. The minimum Gasteiger partial charge on any atom is -0.356 e. The number of nitrogens with one attached hydrogen (secondary N) is 1. The van der Waals surface area contributed by atoms with Crippen molar-refractivity contribution in [3.63, 3.8) is 0 Å². The van der Waals surface area contributed by atoms with Crippen molar-refractivity contribution in [1.29, 1.82) is 0 Å². The van der Waals surface area contributed by atoms with Gasteiger partial charge in [-0.1, -0.05) is 0 Å². The van der Waals surface area contributed by atoms with Crippen molar-refractivity contribution >= 4 is 40.0 Å². The number of nitrogens with zero attached hydrogens (tertiary/aromatic N) is 4. The van der Waals surface area contributed by atoms with Gasteiger partial charge in [-0.25, -0.2) is 12.7 Å². The average Bonchev–Trinajstić information content (AvgIpc) is 2.61. The van der Waals surface area contributed by atoms with Crippen LogP contribution in [-0.2, 0) is 10.0 Å². The van der Waals surface area contributed by atoms with Crippen molar-refractivity contribution in [2.24, 2.45) is 10.9 Å². The number of piperidine rings is 1. The van der Waals surface area contributed by atoms with Crippen LogP contribution in [0.5, 0.6) is 0 Å². The second kappa shape index (κ2) is 10.6. The molecule has 2 heterocycles. The molecular weight excluding hydrogens is 510 g/mol. The summed E-state index contributed by atoms with van der Waals surface area (Å²) in [5, 5.41) is 3.30. The Morgan fingerprint density at radius 3 is 2.11 bits per heavy atom. The van der Waals surface area contributed by atoms with Crippen LogP contribution < -0.4 is 5.32 Å². The molecule has 0 amide bonds. The largest absolute Gasteiger partial charge is 0.403 e. The molecule has 2 saturated heterocycles. The van der Waals surface area contributed by atoms with Crippen molar-refractivity contribution < 1.29 is 21.6 Å². The highest BCUT2D eigenvalue weighted by molar-refractivity contribution is 14.0. The van der Waals surface area contributed by atoms with E-state index in [0.717, 1.165) is 12.8 Å². The molecule has 0 bridgehead atoms. The maximum atomic E-state index is 12.9. The molecule has 2 rings (SSSR count). The molecule has 0 aromatic carbocycles. The molecule has 0 spiro atoms. The lowest BCUT2D eigenvalue weighted by atomic mass is 9.98. The zero-order chi connectivity index (χ0) is 20.2. The lowest BCUT2D eigenvalue weighted by Gasteiger charge is -2.40. The highest BCUT2D eigenvalue weighted by atomic mass is 127. The Balaban J connectivity index is 0.00000392. The van der Waals surface area contributed by atoms with Gasteiger partial charge in [0.15, 0.2) is 5.96 Å². The summed E-state index contributed by atoms with van der Waals surface area (Å²) in [6.45, 7) is 4.60. The maximum absolute atomic E-state index is 12.9. The van der Waals surface area contributed by atoms with Gasteiger partial charge in [0.25, 0.3) is 0 Å². The van der Waals surface area contributed by atoms with E-state index in [-0.39, 0.29) is 24.0 Å². The summed E-state index contributed by atoms with van der Waals surface area (Å²) in [5.41, 5.74) is 0. The fraction of sp³-hybridized carbons (Fsp3) is 0.938. The summed E-state index contributed by atoms with van der Waals surface area (Å²) >= 11 is 0. The topological polar surface area (TPSA) is 68.2 Å². The Kier molecular flexibility index (Phi) is 9.74. The molecule has 0 saturated carbocycles. The number of hydrogen-bond donors (Lipinski definition) is 1. The van der Waals surface area contributed by atoms with Gasteiger partial charge in [-0.3, -0.25) is 9.89 Å². The first-order valence-electron chi connectivity index (χ1n) is 9.24. The van der Waals surface area contributed by atoms with Crippen molar-refractivity contribution in [3.8, 4) is 0 Å². The standard InChI is InChI=1S/C16H30F3N5O2S.HI/c1-13(16(17,18)19)22-8-10-23(11-9-22)15(20-2)21-12-14-4-6-24(7-5-14)27(3,25)26;/h13-14H,4-12H2,1-3H3,(H,20,21);1H. The van der Waals surface area contributed by atoms with Crippen LogP contribution in [0.2, 0.25) is 0 Å². The molecule has 1 N–H and O–H groups in total. The van der Waals surface area contributed by atoms with E-state index >= 15 is 0 Å². The fourth-order valence-corrected chi connectivity index (χ4v) is 4.42. The number of aliphatic imine (C=N–C) groups is 1. The minimum atomic E-state index is -4.21. The summed E-state index contributed by atoms with van der Waals surface area (Å²) in [6, 6.07) is -1.44. The number of sulfonamides is 1. The van der Waals surface area contributed by atoms with Crippen LogP contribution in [0, 0.1) is 5.92 Å². The third-order valence-corrected chi connectivity index (χ3v) is 6.74. The first kappa shape index (κ1) is 25.7. The number of rotatable bonds is 4. The van der Waals surface area contributed by atoms with Crippen molar-refractivity contribution in [2.75, 3.05) is 59.1 Å². The van der Waals surface area contributed by atoms with Crippen LogP contribution in [0.1, 0.15) is 19.8 Å². The number of hydrogen-bond acceptors (Lipinski definition) is 4. The minimum absolute atomic E-state index is 0. The second-order valence-corrected chi connectivity index (χ2v) is 9.26. The summed E-state index contributed by atoms with van der Waals surface area (Å²) < 4.78 is 63.2. The van der Waals surface area contributed by atoms with Crippen molar-refractivity contribution in [2.45, 2.75) is 32.0 Å². The van der Waals surface area contributed by atoms with E-state index in [9.17, 15) is 21.6 Å². The van der Waals surface area contributed by atoms with E-state index in [2.05, 4.69) is 10.3 Å². The van der Waals surface area contributed by atoms with Gasteiger partial charge >= 0.3 is 6.18 Å². The molecular formula is C16H31F3IN5O2S. The molecule has 2 fully saturated rings. The van der Waals surface area contributed by atoms with Crippen molar-refractivity contribution in [3.05, 3.63) is 0 Å². The summed E-state index contributed by atoms with van der Waals surface area (Å²) in [4.78, 5) is 7.68. The zero-order valence-electron chi connectivity index (χ0n) is 16.6. The van der Waals surface area contributed by atoms with E-state index in [1.807, 2.05) is 4.90 Å². The highest BCUT2D eigenvalue weighted by Crippen LogP contribution is 2.25. The van der Waals surface area contributed by atoms with Gasteiger partial charge in [-0.15, -0.1) is 24.0 Å². The summed E-state index contributed by atoms with van der Waals surface area (Å²) in [6.07, 6.45) is -1.41. The second-order valence-electron chi connectivity index (χ2n) is 7.27. The Bertz CT molecular complexity index is 616. The van der Waals surface area contributed by atoms with Gasteiger partial charge in [-0.05, 0) is 25.7 Å². The van der Waals surface area contributed by atoms with Crippen LogP contribution in [0.25, 0.3) is 0 Å². The van der Waals surface area contributed by atoms with Gasteiger partial charge in [0.2, 0.25) is 10.0 Å². The van der Waals surface area contributed by atoms with Crippen LogP contribution in [0.15, 0.2) is 4.99 Å². The Morgan fingerprint density at radius 2 is 1.68 bits per heavy atom. The molecule has 1 atom stereocenters. The number of alkyl halides is 3. The smallest absolute Gasteiger partial charge is 0.356 e. The lowest BCUT2D eigenvalue weighted by Crippen LogP contribution is -2.57. The molecule has 2 aliphatic heterocycles. The number of guanidine groups is 1. The summed E-state index contributed by atoms with van der Waals surface area (Å²) in [5.74, 6) is 1.05. The third-order valence-electron chi connectivity index (χ3n) is 5.44. The summed E-state index contributed by atoms with van der Waals surface area (Å²) in [7, 11) is -1.46. The third kappa shape index (κ3) is 7.17. The molecule has 2 aliphatic rings. The van der Waals surface area contributed by atoms with Gasteiger partial charge in [0, 0.05) is 52.9 Å². The molecule has 1 unspecified atom stereocenters. The highest BCUT2D eigenvalue weighted by Gasteiger charge is 2.41. The average molecular weight is 541 g/mol. The van der Waals surface area contributed by atoms with E-state index in [0.29, 0.717) is 57.7 Å². The van der Waals surface area contributed by atoms with E-state index < -0.39 is 22.2 Å². The molecule has 12 heteroatoms. The number of halogens is 4.